The highest BCUT2D eigenvalue weighted by atomic mass is 16.3. The molecular formula is C26H24N4O3. The zero-order valence-corrected chi connectivity index (χ0v) is 18.3. The van der Waals surface area contributed by atoms with Crippen LogP contribution in [0.3, 0.4) is 0 Å². The third-order valence-corrected chi connectivity index (χ3v) is 5.60. The zero-order valence-electron chi connectivity index (χ0n) is 18.3. The van der Waals surface area contributed by atoms with Crippen molar-refractivity contribution in [2.45, 2.75) is 25.8 Å². The predicted molar refractivity (Wildman–Crippen MR) is 125 cm³/mol. The molecular weight excluding hydrogens is 416 g/mol. The molecule has 1 fully saturated rings. The molecule has 1 saturated carbocycles. The first kappa shape index (κ1) is 20.8. The van der Waals surface area contributed by atoms with E-state index in [1.807, 2.05) is 72.3 Å². The molecule has 1 N–H and O–H groups in total. The molecule has 0 bridgehead atoms. The van der Waals surface area contributed by atoms with Crippen molar-refractivity contribution >= 4 is 17.8 Å². The number of anilines is 1. The van der Waals surface area contributed by atoms with Crippen molar-refractivity contribution in [2.75, 3.05) is 11.9 Å². The Hall–Kier alpha value is -4.13. The van der Waals surface area contributed by atoms with Crippen LogP contribution in [0.5, 0.6) is 0 Å². The number of hydrogen-bond acceptors (Lipinski definition) is 4. The Morgan fingerprint density at radius 2 is 1.91 bits per heavy atom. The SMILES string of the molecule is Cc1cccc(-n2cc(-c3ccccc3)nc2NC(=O)CN(C(=O)c2ccco2)C2CC2)c1. The van der Waals surface area contributed by atoms with E-state index in [-0.39, 0.29) is 30.2 Å². The number of aromatic nitrogens is 2. The van der Waals surface area contributed by atoms with E-state index in [4.69, 9.17) is 9.40 Å². The lowest BCUT2D eigenvalue weighted by molar-refractivity contribution is -0.117. The van der Waals surface area contributed by atoms with Crippen LogP contribution < -0.4 is 5.32 Å². The Labute approximate surface area is 191 Å². The van der Waals surface area contributed by atoms with Crippen LogP contribution in [0.25, 0.3) is 16.9 Å². The number of carbonyl (C=O) groups is 2. The molecule has 4 aromatic rings. The van der Waals surface area contributed by atoms with E-state index in [2.05, 4.69) is 5.32 Å². The molecule has 7 heteroatoms. The van der Waals surface area contributed by atoms with Crippen LogP contribution in [0.1, 0.15) is 29.0 Å². The maximum atomic E-state index is 13.0. The van der Waals surface area contributed by atoms with Crippen molar-refractivity contribution in [2.24, 2.45) is 0 Å². The topological polar surface area (TPSA) is 80.4 Å². The van der Waals surface area contributed by atoms with E-state index < -0.39 is 0 Å². The minimum Gasteiger partial charge on any atom is -0.459 e. The molecule has 0 radical (unpaired) electrons. The Balaban J connectivity index is 1.42. The summed E-state index contributed by atoms with van der Waals surface area (Å²) >= 11 is 0. The molecule has 0 unspecified atom stereocenters. The lowest BCUT2D eigenvalue weighted by atomic mass is 10.2. The van der Waals surface area contributed by atoms with E-state index in [0.29, 0.717) is 5.95 Å². The van der Waals surface area contributed by atoms with Crippen molar-refractivity contribution in [1.29, 1.82) is 0 Å². The Bertz CT molecular complexity index is 1270. The van der Waals surface area contributed by atoms with Crippen LogP contribution in [-0.2, 0) is 4.79 Å². The van der Waals surface area contributed by atoms with Crippen LogP contribution in [0.4, 0.5) is 5.95 Å². The highest BCUT2D eigenvalue weighted by molar-refractivity contribution is 5.98. The second-order valence-corrected chi connectivity index (χ2v) is 8.21. The summed E-state index contributed by atoms with van der Waals surface area (Å²) in [6.45, 7) is 1.95. The largest absolute Gasteiger partial charge is 0.459 e. The van der Waals surface area contributed by atoms with Gasteiger partial charge in [-0.05, 0) is 49.6 Å². The summed E-state index contributed by atoms with van der Waals surface area (Å²) in [6.07, 6.45) is 5.14. The molecule has 1 aliphatic rings. The summed E-state index contributed by atoms with van der Waals surface area (Å²) in [4.78, 5) is 32.1. The number of benzene rings is 2. The molecule has 0 saturated heterocycles. The van der Waals surface area contributed by atoms with Gasteiger partial charge in [-0.15, -0.1) is 0 Å². The number of aryl methyl sites for hydroxylation is 1. The van der Waals surface area contributed by atoms with Crippen molar-refractivity contribution < 1.29 is 14.0 Å². The first-order valence-corrected chi connectivity index (χ1v) is 10.9. The monoisotopic (exact) mass is 440 g/mol. The van der Waals surface area contributed by atoms with Gasteiger partial charge in [0.2, 0.25) is 11.9 Å². The van der Waals surface area contributed by atoms with Gasteiger partial charge in [0.1, 0.15) is 6.54 Å². The van der Waals surface area contributed by atoms with E-state index in [9.17, 15) is 9.59 Å². The van der Waals surface area contributed by atoms with Gasteiger partial charge in [0.05, 0.1) is 12.0 Å². The second-order valence-electron chi connectivity index (χ2n) is 8.21. The lowest BCUT2D eigenvalue weighted by Gasteiger charge is -2.20. The zero-order chi connectivity index (χ0) is 22.8. The smallest absolute Gasteiger partial charge is 0.290 e. The second kappa shape index (κ2) is 8.78. The maximum Gasteiger partial charge on any atom is 0.290 e. The quantitative estimate of drug-likeness (QED) is 0.452. The average molecular weight is 441 g/mol. The third-order valence-electron chi connectivity index (χ3n) is 5.60. The van der Waals surface area contributed by atoms with E-state index in [1.54, 1.807) is 17.0 Å². The molecule has 33 heavy (non-hydrogen) atoms. The summed E-state index contributed by atoms with van der Waals surface area (Å²) in [5.74, 6) is 0.0681. The Morgan fingerprint density at radius 3 is 2.61 bits per heavy atom. The average Bonchev–Trinajstić information content (AvgIpc) is 3.34. The highest BCUT2D eigenvalue weighted by Crippen LogP contribution is 2.29. The Kier molecular flexibility index (Phi) is 5.52. The van der Waals surface area contributed by atoms with Crippen LogP contribution >= 0.6 is 0 Å². The highest BCUT2D eigenvalue weighted by Gasteiger charge is 2.35. The van der Waals surface area contributed by atoms with E-state index in [1.165, 1.54) is 6.26 Å². The fourth-order valence-electron chi connectivity index (χ4n) is 3.80. The van der Waals surface area contributed by atoms with Gasteiger partial charge in [0.25, 0.3) is 5.91 Å². The minimum absolute atomic E-state index is 0.0600. The van der Waals surface area contributed by atoms with Crippen LogP contribution in [0.2, 0.25) is 0 Å². The lowest BCUT2D eigenvalue weighted by Crippen LogP contribution is -2.39. The summed E-state index contributed by atoms with van der Waals surface area (Å²) in [5.41, 5.74) is 3.69. The fraction of sp³-hybridized carbons (Fsp3) is 0.192. The Morgan fingerprint density at radius 1 is 1.09 bits per heavy atom. The molecule has 1 aliphatic carbocycles. The number of rotatable bonds is 7. The molecule has 2 aromatic heterocycles. The molecule has 0 atom stereocenters. The normalized spacial score (nSPS) is 13.0. The number of nitrogens with one attached hydrogen (secondary N) is 1. The van der Waals surface area contributed by atoms with Gasteiger partial charge >= 0.3 is 0 Å². The summed E-state index contributed by atoms with van der Waals surface area (Å²) in [6, 6.07) is 21.1. The number of nitrogens with zero attached hydrogens (tertiary/aromatic N) is 3. The number of carbonyl (C=O) groups excluding carboxylic acids is 2. The first-order chi connectivity index (χ1) is 16.1. The molecule has 7 nitrogen and oxygen atoms in total. The van der Waals surface area contributed by atoms with Gasteiger partial charge in [-0.25, -0.2) is 4.98 Å². The van der Waals surface area contributed by atoms with Crippen LogP contribution in [0.15, 0.2) is 83.6 Å². The molecule has 2 heterocycles. The first-order valence-electron chi connectivity index (χ1n) is 10.9. The van der Waals surface area contributed by atoms with Gasteiger partial charge < -0.3 is 9.32 Å². The maximum absolute atomic E-state index is 13.0. The molecule has 0 aliphatic heterocycles. The summed E-state index contributed by atoms with van der Waals surface area (Å²) in [7, 11) is 0. The van der Waals surface area contributed by atoms with Gasteiger partial charge in [0, 0.05) is 23.5 Å². The number of furan rings is 1. The van der Waals surface area contributed by atoms with Crippen LogP contribution in [-0.4, -0.2) is 38.9 Å². The van der Waals surface area contributed by atoms with Crippen molar-refractivity contribution in [3.05, 3.63) is 90.5 Å². The summed E-state index contributed by atoms with van der Waals surface area (Å²) < 4.78 is 7.12. The van der Waals surface area contributed by atoms with Gasteiger partial charge in [-0.2, -0.15) is 0 Å². The molecule has 0 spiro atoms. The van der Waals surface area contributed by atoms with Gasteiger partial charge in [-0.3, -0.25) is 19.5 Å². The molecule has 2 aromatic carbocycles. The molecule has 166 valence electrons. The van der Waals surface area contributed by atoms with Crippen molar-refractivity contribution in [3.63, 3.8) is 0 Å². The molecule has 5 rings (SSSR count). The van der Waals surface area contributed by atoms with E-state index in [0.717, 1.165) is 35.3 Å². The minimum atomic E-state index is -0.305. The fourth-order valence-corrected chi connectivity index (χ4v) is 3.80. The van der Waals surface area contributed by atoms with Gasteiger partial charge in [0.15, 0.2) is 5.76 Å². The third kappa shape index (κ3) is 4.57. The van der Waals surface area contributed by atoms with E-state index >= 15 is 0 Å². The standard InChI is InChI=1S/C26H24N4O3/c1-18-7-5-10-21(15-18)30-16-22(19-8-3-2-4-9-19)27-26(30)28-24(31)17-29(20-12-13-20)25(32)23-11-6-14-33-23/h2-11,14-16,20H,12-13,17H2,1H3,(H,27,28,31). The van der Waals surface area contributed by atoms with Gasteiger partial charge in [-0.1, -0.05) is 42.5 Å². The van der Waals surface area contributed by atoms with Crippen molar-refractivity contribution in [3.8, 4) is 16.9 Å². The number of hydrogen-bond donors (Lipinski definition) is 1. The predicted octanol–water partition coefficient (Wildman–Crippen LogP) is 4.68. The molecule has 2 amide bonds. The number of amides is 2. The summed E-state index contributed by atoms with van der Waals surface area (Å²) in [5, 5.41) is 2.92. The number of imidazole rings is 1. The van der Waals surface area contributed by atoms with Crippen molar-refractivity contribution in [1.82, 2.24) is 14.5 Å². The van der Waals surface area contributed by atoms with Crippen LogP contribution in [0, 0.1) is 6.92 Å².